The van der Waals surface area contributed by atoms with Gasteiger partial charge in [0.2, 0.25) is 0 Å². The zero-order valence-corrected chi connectivity index (χ0v) is 15.5. The molecule has 0 saturated carbocycles. The van der Waals surface area contributed by atoms with Gasteiger partial charge in [0.1, 0.15) is 6.10 Å². The van der Waals surface area contributed by atoms with Crippen LogP contribution in [0, 0.1) is 0 Å². The minimum atomic E-state index is -0.215. The third-order valence-electron chi connectivity index (χ3n) is 5.16. The third-order valence-corrected chi connectivity index (χ3v) is 5.16. The minimum Gasteiger partial charge on any atom is -0.444 e. The number of ether oxygens (including phenoxy) is 2. The Morgan fingerprint density at radius 1 is 0.852 bits per heavy atom. The van der Waals surface area contributed by atoms with Gasteiger partial charge in [0.15, 0.2) is 0 Å². The van der Waals surface area contributed by atoms with E-state index in [-0.39, 0.29) is 12.2 Å². The molecule has 0 spiro atoms. The maximum absolute atomic E-state index is 12.2. The lowest BCUT2D eigenvalue weighted by Gasteiger charge is -2.26. The van der Waals surface area contributed by atoms with E-state index in [1.165, 1.54) is 11.1 Å². The van der Waals surface area contributed by atoms with E-state index < -0.39 is 0 Å². The van der Waals surface area contributed by atoms with E-state index in [1.807, 2.05) is 18.2 Å². The average Bonchev–Trinajstić information content (AvgIpc) is 3.04. The molecule has 2 fully saturated rings. The minimum absolute atomic E-state index is 0.0690. The molecule has 142 valence electrons. The summed E-state index contributed by atoms with van der Waals surface area (Å²) in [5.41, 5.74) is 3.63. The summed E-state index contributed by atoms with van der Waals surface area (Å²) in [5, 5.41) is 0. The molecule has 2 heterocycles. The van der Waals surface area contributed by atoms with Gasteiger partial charge in [-0.25, -0.2) is 4.79 Å². The molecule has 5 heteroatoms. The van der Waals surface area contributed by atoms with Crippen LogP contribution in [-0.2, 0) is 29.0 Å². The van der Waals surface area contributed by atoms with Crippen LogP contribution in [0.4, 0.5) is 4.79 Å². The monoisotopic (exact) mass is 366 g/mol. The summed E-state index contributed by atoms with van der Waals surface area (Å²) in [7, 11) is 0. The molecular formula is C22H26N2O3. The first-order chi connectivity index (χ1) is 13.3. The number of cyclic esters (lactones) is 1. The number of rotatable bonds is 6. The molecule has 0 aliphatic carbocycles. The predicted molar refractivity (Wildman–Crippen MR) is 103 cm³/mol. The van der Waals surface area contributed by atoms with Crippen molar-refractivity contribution in [1.29, 1.82) is 0 Å². The van der Waals surface area contributed by atoms with Crippen molar-refractivity contribution in [2.24, 2.45) is 0 Å². The smallest absolute Gasteiger partial charge is 0.410 e. The summed E-state index contributed by atoms with van der Waals surface area (Å²) >= 11 is 0. The highest BCUT2D eigenvalue weighted by Crippen LogP contribution is 2.19. The van der Waals surface area contributed by atoms with E-state index >= 15 is 0 Å². The molecule has 2 aliphatic rings. The molecule has 2 aliphatic heterocycles. The van der Waals surface area contributed by atoms with E-state index in [9.17, 15) is 4.79 Å². The fraction of sp³-hybridized carbons (Fsp3) is 0.409. The largest absolute Gasteiger partial charge is 0.444 e. The summed E-state index contributed by atoms with van der Waals surface area (Å²) in [6, 6.07) is 18.7. The number of hydrogen-bond donors (Lipinski definition) is 0. The molecule has 2 aromatic carbocycles. The van der Waals surface area contributed by atoms with Crippen molar-refractivity contribution in [3.8, 4) is 0 Å². The van der Waals surface area contributed by atoms with Crippen LogP contribution in [0.1, 0.15) is 16.7 Å². The molecule has 4 rings (SSSR count). The first kappa shape index (κ1) is 18.0. The summed E-state index contributed by atoms with van der Waals surface area (Å²) in [6.45, 7) is 5.81. The van der Waals surface area contributed by atoms with E-state index in [4.69, 9.17) is 9.47 Å². The van der Waals surface area contributed by atoms with Gasteiger partial charge in [-0.3, -0.25) is 4.90 Å². The van der Waals surface area contributed by atoms with Crippen LogP contribution in [0.2, 0.25) is 0 Å². The van der Waals surface area contributed by atoms with Crippen molar-refractivity contribution in [3.05, 3.63) is 71.3 Å². The molecule has 2 saturated heterocycles. The van der Waals surface area contributed by atoms with Crippen molar-refractivity contribution in [2.45, 2.75) is 25.6 Å². The Morgan fingerprint density at radius 2 is 1.52 bits per heavy atom. The van der Waals surface area contributed by atoms with E-state index in [1.54, 1.807) is 4.90 Å². The lowest BCUT2D eigenvalue weighted by Crippen LogP contribution is -2.35. The number of benzene rings is 2. The van der Waals surface area contributed by atoms with Crippen molar-refractivity contribution in [2.75, 3.05) is 32.8 Å². The lowest BCUT2D eigenvalue weighted by molar-refractivity contribution is 0.0342. The van der Waals surface area contributed by atoms with Gasteiger partial charge in [-0.2, -0.15) is 0 Å². The van der Waals surface area contributed by atoms with Gasteiger partial charge in [-0.15, -0.1) is 0 Å². The summed E-state index contributed by atoms with van der Waals surface area (Å²) in [6.07, 6.45) is 0.482. The topological polar surface area (TPSA) is 42.0 Å². The maximum atomic E-state index is 12.2. The molecule has 1 atom stereocenters. The Kier molecular flexibility index (Phi) is 5.70. The van der Waals surface area contributed by atoms with Gasteiger partial charge >= 0.3 is 6.09 Å². The molecule has 0 bridgehead atoms. The Bertz CT molecular complexity index is 742. The van der Waals surface area contributed by atoms with E-state index in [2.05, 4.69) is 41.3 Å². The summed E-state index contributed by atoms with van der Waals surface area (Å²) in [5.74, 6) is 0. The van der Waals surface area contributed by atoms with Crippen LogP contribution < -0.4 is 0 Å². The van der Waals surface area contributed by atoms with Crippen LogP contribution in [0.15, 0.2) is 54.6 Å². The normalized spacial score (nSPS) is 20.7. The van der Waals surface area contributed by atoms with Gasteiger partial charge < -0.3 is 14.4 Å². The third kappa shape index (κ3) is 4.87. The first-order valence-electron chi connectivity index (χ1n) is 9.64. The molecule has 2 aromatic rings. The molecule has 1 amide bonds. The fourth-order valence-corrected chi connectivity index (χ4v) is 3.67. The number of hydrogen-bond acceptors (Lipinski definition) is 4. The molecule has 0 radical (unpaired) electrons. The van der Waals surface area contributed by atoms with Crippen molar-refractivity contribution < 1.29 is 14.3 Å². The van der Waals surface area contributed by atoms with Crippen molar-refractivity contribution in [3.63, 3.8) is 0 Å². The highest BCUT2D eigenvalue weighted by Gasteiger charge is 2.31. The highest BCUT2D eigenvalue weighted by molar-refractivity contribution is 5.70. The van der Waals surface area contributed by atoms with Crippen LogP contribution in [0.5, 0.6) is 0 Å². The molecular weight excluding hydrogens is 340 g/mol. The van der Waals surface area contributed by atoms with Crippen LogP contribution in [0.3, 0.4) is 0 Å². The zero-order chi connectivity index (χ0) is 18.5. The lowest BCUT2D eigenvalue weighted by atomic mass is 10.1. The second-order valence-corrected chi connectivity index (χ2v) is 7.28. The van der Waals surface area contributed by atoms with E-state index in [0.717, 1.165) is 44.8 Å². The Balaban J connectivity index is 1.30. The van der Waals surface area contributed by atoms with Crippen molar-refractivity contribution >= 4 is 6.09 Å². The molecule has 5 nitrogen and oxygen atoms in total. The molecule has 0 N–H and O–H groups in total. The number of carbonyl (C=O) groups is 1. The van der Waals surface area contributed by atoms with Crippen LogP contribution in [-0.4, -0.2) is 54.8 Å². The van der Waals surface area contributed by atoms with E-state index in [0.29, 0.717) is 13.1 Å². The zero-order valence-electron chi connectivity index (χ0n) is 15.5. The standard InChI is InChI=1S/C22H26N2O3/c25-22-24(17-21(27-22)14-18-4-2-1-3-5-18)16-20-8-6-19(7-9-20)15-23-10-12-26-13-11-23/h1-9,21H,10-17H2. The summed E-state index contributed by atoms with van der Waals surface area (Å²) < 4.78 is 10.9. The Morgan fingerprint density at radius 3 is 2.22 bits per heavy atom. The number of morpholine rings is 1. The predicted octanol–water partition coefficient (Wildman–Crippen LogP) is 3.08. The maximum Gasteiger partial charge on any atom is 0.410 e. The summed E-state index contributed by atoms with van der Waals surface area (Å²) in [4.78, 5) is 16.4. The number of carbonyl (C=O) groups excluding carboxylic acids is 1. The molecule has 0 aromatic heterocycles. The second-order valence-electron chi connectivity index (χ2n) is 7.28. The van der Waals surface area contributed by atoms with Gasteiger partial charge in [-0.1, -0.05) is 54.6 Å². The van der Waals surface area contributed by atoms with Gasteiger partial charge in [0.05, 0.1) is 19.8 Å². The van der Waals surface area contributed by atoms with Gasteiger partial charge in [0, 0.05) is 32.6 Å². The number of amides is 1. The number of nitrogens with zero attached hydrogens (tertiary/aromatic N) is 2. The Hall–Kier alpha value is -2.37. The fourth-order valence-electron chi connectivity index (χ4n) is 3.67. The van der Waals surface area contributed by atoms with Crippen molar-refractivity contribution in [1.82, 2.24) is 9.80 Å². The van der Waals surface area contributed by atoms with Crippen LogP contribution in [0.25, 0.3) is 0 Å². The van der Waals surface area contributed by atoms with Crippen LogP contribution >= 0.6 is 0 Å². The molecule has 1 unspecified atom stereocenters. The van der Waals surface area contributed by atoms with Gasteiger partial charge in [-0.05, 0) is 16.7 Å². The SMILES string of the molecule is O=C1OC(Cc2ccccc2)CN1Cc1ccc(CN2CCOCC2)cc1. The highest BCUT2D eigenvalue weighted by atomic mass is 16.6. The average molecular weight is 366 g/mol. The van der Waals surface area contributed by atoms with Gasteiger partial charge in [0.25, 0.3) is 0 Å². The Labute approximate surface area is 160 Å². The quantitative estimate of drug-likeness (QED) is 0.788. The first-order valence-corrected chi connectivity index (χ1v) is 9.64. The molecule has 27 heavy (non-hydrogen) atoms. The second kappa shape index (κ2) is 8.55.